The van der Waals surface area contributed by atoms with Crippen molar-refractivity contribution in [3.8, 4) is 6.07 Å². The highest BCUT2D eigenvalue weighted by Gasteiger charge is 2.42. The number of hydrogen-bond donors (Lipinski definition) is 0. The lowest BCUT2D eigenvalue weighted by atomic mass is 10.1. The predicted octanol–water partition coefficient (Wildman–Crippen LogP) is 1.80. The molecule has 0 N–H and O–H groups in total. The summed E-state index contributed by atoms with van der Waals surface area (Å²) in [6.07, 6.45) is -3.81. The van der Waals surface area contributed by atoms with Gasteiger partial charge in [0.05, 0.1) is 12.2 Å². The third-order valence-corrected chi connectivity index (χ3v) is 2.92. The van der Waals surface area contributed by atoms with E-state index in [1.165, 1.54) is 6.07 Å². The Labute approximate surface area is 92.8 Å². The van der Waals surface area contributed by atoms with E-state index < -0.39 is 12.1 Å². The predicted molar refractivity (Wildman–Crippen MR) is 51.6 cm³/mol. The Bertz CT molecular complexity index is 274. The molecule has 1 saturated heterocycles. The molecule has 3 nitrogen and oxygen atoms in total. The molecule has 16 heavy (non-hydrogen) atoms. The van der Waals surface area contributed by atoms with Gasteiger partial charge in [0, 0.05) is 19.2 Å². The quantitative estimate of drug-likeness (QED) is 0.749. The van der Waals surface area contributed by atoms with Crippen LogP contribution in [0.5, 0.6) is 0 Å². The van der Waals surface area contributed by atoms with E-state index >= 15 is 0 Å². The largest absolute Gasteiger partial charge is 0.405 e. The van der Waals surface area contributed by atoms with E-state index in [0.717, 1.165) is 0 Å². The van der Waals surface area contributed by atoms with E-state index in [9.17, 15) is 13.2 Å². The second-order valence-electron chi connectivity index (χ2n) is 4.09. The summed E-state index contributed by atoms with van der Waals surface area (Å²) in [5.41, 5.74) is 0. The van der Waals surface area contributed by atoms with Crippen molar-refractivity contribution in [3.05, 3.63) is 0 Å². The minimum absolute atomic E-state index is 0.0294. The lowest BCUT2D eigenvalue weighted by molar-refractivity contribution is -0.164. The zero-order valence-corrected chi connectivity index (χ0v) is 9.29. The van der Waals surface area contributed by atoms with Gasteiger partial charge in [0.2, 0.25) is 0 Å². The molecule has 0 saturated carbocycles. The van der Waals surface area contributed by atoms with Crippen LogP contribution in [0.25, 0.3) is 0 Å². The third-order valence-electron chi connectivity index (χ3n) is 2.92. The van der Waals surface area contributed by atoms with Crippen LogP contribution in [0, 0.1) is 17.2 Å². The highest BCUT2D eigenvalue weighted by Crippen LogP contribution is 2.28. The van der Waals surface area contributed by atoms with Gasteiger partial charge in [-0.25, -0.2) is 0 Å². The second-order valence-corrected chi connectivity index (χ2v) is 4.09. The second kappa shape index (κ2) is 5.02. The number of nitriles is 1. The molecule has 0 spiro atoms. The molecule has 1 fully saturated rings. The van der Waals surface area contributed by atoms with Gasteiger partial charge in [-0.1, -0.05) is 0 Å². The maximum atomic E-state index is 12.4. The van der Waals surface area contributed by atoms with Gasteiger partial charge in [-0.3, -0.25) is 4.90 Å². The topological polar surface area (TPSA) is 36.3 Å². The van der Waals surface area contributed by atoms with E-state index in [4.69, 9.17) is 10.00 Å². The molecule has 0 aliphatic carbocycles. The van der Waals surface area contributed by atoms with Gasteiger partial charge in [-0.15, -0.1) is 0 Å². The lowest BCUT2D eigenvalue weighted by Crippen LogP contribution is -2.42. The molecule has 0 radical (unpaired) electrons. The van der Waals surface area contributed by atoms with Crippen LogP contribution in [-0.2, 0) is 4.74 Å². The molecule has 0 aromatic carbocycles. The Morgan fingerprint density at radius 3 is 2.56 bits per heavy atom. The van der Waals surface area contributed by atoms with Crippen molar-refractivity contribution in [1.82, 2.24) is 4.90 Å². The zero-order valence-electron chi connectivity index (χ0n) is 9.29. The summed E-state index contributed by atoms with van der Waals surface area (Å²) < 4.78 is 42.4. The molecule has 1 rings (SSSR count). The van der Waals surface area contributed by atoms with Crippen molar-refractivity contribution in [1.29, 1.82) is 5.26 Å². The fraction of sp³-hybridized carbons (Fsp3) is 0.900. The van der Waals surface area contributed by atoms with Crippen LogP contribution in [0.1, 0.15) is 13.3 Å². The fourth-order valence-corrected chi connectivity index (χ4v) is 1.94. The van der Waals surface area contributed by atoms with Gasteiger partial charge in [0.1, 0.15) is 0 Å². The first-order valence-corrected chi connectivity index (χ1v) is 5.14. The molecular formula is C10H15F3N2O. The van der Waals surface area contributed by atoms with Gasteiger partial charge in [-0.2, -0.15) is 18.4 Å². The maximum Gasteiger partial charge on any atom is 0.405 e. The molecule has 3 unspecified atom stereocenters. The Hall–Kier alpha value is -0.800. The van der Waals surface area contributed by atoms with Crippen molar-refractivity contribution < 1.29 is 17.9 Å². The number of hydrogen-bond acceptors (Lipinski definition) is 3. The van der Waals surface area contributed by atoms with Gasteiger partial charge < -0.3 is 4.74 Å². The van der Waals surface area contributed by atoms with Crippen molar-refractivity contribution in [2.45, 2.75) is 31.7 Å². The average Bonchev–Trinajstić information content (AvgIpc) is 2.58. The highest BCUT2D eigenvalue weighted by atomic mass is 19.4. The van der Waals surface area contributed by atoms with E-state index in [0.29, 0.717) is 13.0 Å². The molecule has 1 aliphatic heterocycles. The molecule has 6 heteroatoms. The monoisotopic (exact) mass is 236 g/mol. The average molecular weight is 236 g/mol. The summed E-state index contributed by atoms with van der Waals surface area (Å²) in [4.78, 5) is 1.57. The first-order valence-electron chi connectivity index (χ1n) is 5.14. The van der Waals surface area contributed by atoms with Crippen molar-refractivity contribution >= 4 is 0 Å². The fourth-order valence-electron chi connectivity index (χ4n) is 1.94. The Morgan fingerprint density at radius 2 is 2.19 bits per heavy atom. The summed E-state index contributed by atoms with van der Waals surface area (Å²) in [6.45, 7) is 2.11. The van der Waals surface area contributed by atoms with Crippen LogP contribution in [0.2, 0.25) is 0 Å². The highest BCUT2D eigenvalue weighted by molar-refractivity contribution is 4.92. The van der Waals surface area contributed by atoms with Crippen LogP contribution >= 0.6 is 0 Å². The molecule has 3 atom stereocenters. The Kier molecular flexibility index (Phi) is 4.16. The zero-order chi connectivity index (χ0) is 12.3. The van der Waals surface area contributed by atoms with Crippen LogP contribution in [0.3, 0.4) is 0 Å². The van der Waals surface area contributed by atoms with Gasteiger partial charge in [-0.05, 0) is 20.4 Å². The summed E-state index contributed by atoms with van der Waals surface area (Å²) >= 11 is 0. The van der Waals surface area contributed by atoms with E-state index in [-0.39, 0.29) is 18.7 Å². The lowest BCUT2D eigenvalue weighted by Gasteiger charge is -2.28. The maximum absolute atomic E-state index is 12.4. The van der Waals surface area contributed by atoms with Crippen LogP contribution in [-0.4, -0.2) is 43.4 Å². The number of nitrogens with zero attached hydrogens (tertiary/aromatic N) is 2. The standard InChI is InChI=1S/C10H15F3N2O/c1-7-9(3-4-16-7)15(2)6-8(5-14)10(11,12)13/h7-9H,3-4,6H2,1-2H3. The molecule has 92 valence electrons. The summed E-state index contributed by atoms with van der Waals surface area (Å²) in [5, 5.41) is 8.49. The van der Waals surface area contributed by atoms with Crippen LogP contribution < -0.4 is 0 Å². The SMILES string of the molecule is CC1OCCC1N(C)CC(C#N)C(F)(F)F. The summed E-state index contributed by atoms with van der Waals surface area (Å²) in [7, 11) is 1.60. The van der Waals surface area contributed by atoms with Gasteiger partial charge in [0.25, 0.3) is 0 Å². The number of alkyl halides is 3. The molecule has 1 heterocycles. The molecule has 0 bridgehead atoms. The smallest absolute Gasteiger partial charge is 0.377 e. The summed E-state index contributed by atoms with van der Waals surface area (Å²) in [6, 6.07) is 1.27. The minimum atomic E-state index is -4.45. The third kappa shape index (κ3) is 3.09. The van der Waals surface area contributed by atoms with Gasteiger partial charge >= 0.3 is 6.18 Å². The molecular weight excluding hydrogens is 221 g/mol. The first-order chi connectivity index (χ1) is 7.36. The van der Waals surface area contributed by atoms with E-state index in [2.05, 4.69) is 0 Å². The molecule has 0 aromatic heterocycles. The van der Waals surface area contributed by atoms with Crippen LogP contribution in [0.15, 0.2) is 0 Å². The number of ether oxygens (including phenoxy) is 1. The normalized spacial score (nSPS) is 28.1. The van der Waals surface area contributed by atoms with Crippen LogP contribution in [0.4, 0.5) is 13.2 Å². The molecule has 0 amide bonds. The van der Waals surface area contributed by atoms with Crippen molar-refractivity contribution in [2.75, 3.05) is 20.2 Å². The molecule has 1 aliphatic rings. The Balaban J connectivity index is 2.56. The van der Waals surface area contributed by atoms with E-state index in [1.54, 1.807) is 11.9 Å². The number of rotatable bonds is 3. The van der Waals surface area contributed by atoms with Crippen molar-refractivity contribution in [3.63, 3.8) is 0 Å². The van der Waals surface area contributed by atoms with Crippen molar-refractivity contribution in [2.24, 2.45) is 5.92 Å². The Morgan fingerprint density at radius 1 is 1.56 bits per heavy atom. The van der Waals surface area contributed by atoms with E-state index in [1.807, 2.05) is 6.92 Å². The summed E-state index contributed by atoms with van der Waals surface area (Å²) in [5.74, 6) is -1.93. The van der Waals surface area contributed by atoms with Gasteiger partial charge in [0.15, 0.2) is 5.92 Å². The number of likely N-dealkylation sites (N-methyl/N-ethyl adjacent to an activating group) is 1. The first kappa shape index (κ1) is 13.3. The minimum Gasteiger partial charge on any atom is -0.377 e. The molecule has 0 aromatic rings. The number of halogens is 3.